The predicted octanol–water partition coefficient (Wildman–Crippen LogP) is 2.60. The third-order valence-electron chi connectivity index (χ3n) is 3.08. The molecule has 0 aliphatic carbocycles. The van der Waals surface area contributed by atoms with Gasteiger partial charge in [0.25, 0.3) is 5.91 Å². The molecule has 0 aromatic heterocycles. The highest BCUT2D eigenvalue weighted by Crippen LogP contribution is 2.16. The van der Waals surface area contributed by atoms with E-state index in [9.17, 15) is 9.90 Å². The highest BCUT2D eigenvalue weighted by Gasteiger charge is 2.22. The molecule has 1 unspecified atom stereocenters. The quantitative estimate of drug-likeness (QED) is 0.812. The Kier molecular flexibility index (Phi) is 6.21. The van der Waals surface area contributed by atoms with Crippen LogP contribution in [0.3, 0.4) is 0 Å². The van der Waals surface area contributed by atoms with Crippen LogP contribution in [0, 0.1) is 19.8 Å². The van der Waals surface area contributed by atoms with E-state index in [0.29, 0.717) is 18.1 Å². The summed E-state index contributed by atoms with van der Waals surface area (Å²) in [5.41, 5.74) is 1.32. The fraction of sp³-hybridized carbons (Fsp3) is 0.588. The SMILES string of the molecule is Cc1cc(C)cc(OCC(=O)NCC(C)(O)CC(C)C)c1. The number of aryl methyl sites for hydroxylation is 2. The van der Waals surface area contributed by atoms with Gasteiger partial charge >= 0.3 is 0 Å². The fourth-order valence-corrected chi connectivity index (χ4v) is 2.46. The van der Waals surface area contributed by atoms with Gasteiger partial charge in [-0.1, -0.05) is 19.9 Å². The fourth-order valence-electron chi connectivity index (χ4n) is 2.46. The van der Waals surface area contributed by atoms with Crippen molar-refractivity contribution in [1.29, 1.82) is 0 Å². The van der Waals surface area contributed by atoms with E-state index in [1.165, 1.54) is 0 Å². The molecule has 0 fully saturated rings. The van der Waals surface area contributed by atoms with Crippen LogP contribution in [0.1, 0.15) is 38.3 Å². The summed E-state index contributed by atoms with van der Waals surface area (Å²) in [6, 6.07) is 5.85. The number of carbonyl (C=O) groups is 1. The summed E-state index contributed by atoms with van der Waals surface area (Å²) in [5, 5.41) is 12.9. The lowest BCUT2D eigenvalue weighted by atomic mass is 9.94. The number of carbonyl (C=O) groups excluding carboxylic acids is 1. The standard InChI is InChI=1S/C17H27NO3/c1-12(2)9-17(5,20)11-18-16(19)10-21-15-7-13(3)6-14(4)8-15/h6-8,12,20H,9-11H2,1-5H3,(H,18,19). The van der Waals surface area contributed by atoms with Crippen molar-refractivity contribution in [2.45, 2.75) is 46.6 Å². The van der Waals surface area contributed by atoms with Gasteiger partial charge in [0, 0.05) is 6.54 Å². The second kappa shape index (κ2) is 7.46. The van der Waals surface area contributed by atoms with Gasteiger partial charge in [0.15, 0.2) is 6.61 Å². The first-order valence-electron chi connectivity index (χ1n) is 7.38. The van der Waals surface area contributed by atoms with Gasteiger partial charge in [0.2, 0.25) is 0 Å². The van der Waals surface area contributed by atoms with Crippen LogP contribution in [0.15, 0.2) is 18.2 Å². The molecular formula is C17H27NO3. The number of amides is 1. The van der Waals surface area contributed by atoms with Crippen molar-refractivity contribution in [3.8, 4) is 5.75 Å². The maximum absolute atomic E-state index is 11.8. The lowest BCUT2D eigenvalue weighted by Gasteiger charge is -2.25. The van der Waals surface area contributed by atoms with E-state index in [2.05, 4.69) is 11.4 Å². The molecule has 4 nitrogen and oxygen atoms in total. The minimum Gasteiger partial charge on any atom is -0.484 e. The van der Waals surface area contributed by atoms with E-state index in [1.807, 2.05) is 39.8 Å². The molecule has 118 valence electrons. The Morgan fingerprint density at radius 1 is 1.29 bits per heavy atom. The summed E-state index contributed by atoms with van der Waals surface area (Å²) < 4.78 is 5.48. The van der Waals surface area contributed by atoms with Crippen LogP contribution >= 0.6 is 0 Å². The van der Waals surface area contributed by atoms with Crippen molar-refractivity contribution in [3.63, 3.8) is 0 Å². The third kappa shape index (κ3) is 7.14. The van der Waals surface area contributed by atoms with Gasteiger partial charge in [0.1, 0.15) is 5.75 Å². The predicted molar refractivity (Wildman–Crippen MR) is 84.5 cm³/mol. The average Bonchev–Trinajstić information content (AvgIpc) is 2.31. The maximum Gasteiger partial charge on any atom is 0.258 e. The molecule has 2 N–H and O–H groups in total. The summed E-state index contributed by atoms with van der Waals surface area (Å²) in [6.45, 7) is 9.99. The Bertz CT molecular complexity index is 461. The highest BCUT2D eigenvalue weighted by atomic mass is 16.5. The Labute approximate surface area is 127 Å². The van der Waals surface area contributed by atoms with Gasteiger partial charge in [-0.15, -0.1) is 0 Å². The Morgan fingerprint density at radius 2 is 1.86 bits per heavy atom. The van der Waals surface area contributed by atoms with Gasteiger partial charge in [-0.2, -0.15) is 0 Å². The molecule has 0 saturated heterocycles. The van der Waals surface area contributed by atoms with Crippen LogP contribution in [0.4, 0.5) is 0 Å². The van der Waals surface area contributed by atoms with Gasteiger partial charge in [-0.25, -0.2) is 0 Å². The Hall–Kier alpha value is -1.55. The Morgan fingerprint density at radius 3 is 2.38 bits per heavy atom. The number of ether oxygens (including phenoxy) is 1. The van der Waals surface area contributed by atoms with Gasteiger partial charge in [0.05, 0.1) is 5.60 Å². The van der Waals surface area contributed by atoms with Gasteiger partial charge in [-0.05, 0) is 56.4 Å². The molecule has 0 radical (unpaired) electrons. The van der Waals surface area contributed by atoms with E-state index < -0.39 is 5.60 Å². The van der Waals surface area contributed by atoms with Crippen molar-refractivity contribution >= 4 is 5.91 Å². The van der Waals surface area contributed by atoms with E-state index in [0.717, 1.165) is 11.1 Å². The van der Waals surface area contributed by atoms with Crippen molar-refractivity contribution in [2.24, 2.45) is 5.92 Å². The normalized spacial score (nSPS) is 13.9. The lowest BCUT2D eigenvalue weighted by Crippen LogP contribution is -2.43. The van der Waals surface area contributed by atoms with E-state index in [-0.39, 0.29) is 19.1 Å². The maximum atomic E-state index is 11.8. The number of nitrogens with one attached hydrogen (secondary N) is 1. The van der Waals surface area contributed by atoms with Crippen molar-refractivity contribution in [3.05, 3.63) is 29.3 Å². The average molecular weight is 293 g/mol. The molecule has 0 spiro atoms. The number of hydrogen-bond acceptors (Lipinski definition) is 3. The van der Waals surface area contributed by atoms with E-state index in [4.69, 9.17) is 4.74 Å². The van der Waals surface area contributed by atoms with Crippen molar-refractivity contribution in [1.82, 2.24) is 5.32 Å². The van der Waals surface area contributed by atoms with Gasteiger partial charge < -0.3 is 15.2 Å². The van der Waals surface area contributed by atoms with E-state index in [1.54, 1.807) is 6.92 Å². The number of aliphatic hydroxyl groups is 1. The lowest BCUT2D eigenvalue weighted by molar-refractivity contribution is -0.124. The smallest absolute Gasteiger partial charge is 0.258 e. The molecule has 21 heavy (non-hydrogen) atoms. The van der Waals surface area contributed by atoms with E-state index >= 15 is 0 Å². The van der Waals surface area contributed by atoms with Crippen LogP contribution < -0.4 is 10.1 Å². The number of rotatable bonds is 7. The van der Waals surface area contributed by atoms with Crippen LogP contribution in [-0.4, -0.2) is 29.8 Å². The molecule has 0 heterocycles. The van der Waals surface area contributed by atoms with Crippen LogP contribution in [0.5, 0.6) is 5.75 Å². The van der Waals surface area contributed by atoms with Crippen LogP contribution in [0.25, 0.3) is 0 Å². The molecule has 1 aromatic carbocycles. The molecule has 1 atom stereocenters. The first kappa shape index (κ1) is 17.5. The van der Waals surface area contributed by atoms with Gasteiger partial charge in [-0.3, -0.25) is 4.79 Å². The number of benzene rings is 1. The molecule has 4 heteroatoms. The summed E-state index contributed by atoms with van der Waals surface area (Å²) >= 11 is 0. The molecular weight excluding hydrogens is 266 g/mol. The summed E-state index contributed by atoms with van der Waals surface area (Å²) in [5.74, 6) is 0.846. The topological polar surface area (TPSA) is 58.6 Å². The summed E-state index contributed by atoms with van der Waals surface area (Å²) in [4.78, 5) is 11.8. The minimum absolute atomic E-state index is 0.0410. The van der Waals surface area contributed by atoms with Crippen molar-refractivity contribution in [2.75, 3.05) is 13.2 Å². The molecule has 0 aliphatic rings. The number of hydrogen-bond donors (Lipinski definition) is 2. The monoisotopic (exact) mass is 293 g/mol. The van der Waals surface area contributed by atoms with Crippen molar-refractivity contribution < 1.29 is 14.6 Å². The minimum atomic E-state index is -0.885. The largest absolute Gasteiger partial charge is 0.484 e. The van der Waals surface area contributed by atoms with Crippen LogP contribution in [-0.2, 0) is 4.79 Å². The molecule has 0 bridgehead atoms. The zero-order chi connectivity index (χ0) is 16.0. The zero-order valence-electron chi connectivity index (χ0n) is 13.7. The molecule has 0 saturated carbocycles. The second-order valence-electron chi connectivity index (χ2n) is 6.48. The summed E-state index contributed by atoms with van der Waals surface area (Å²) in [6.07, 6.45) is 0.644. The zero-order valence-corrected chi connectivity index (χ0v) is 13.7. The first-order chi connectivity index (χ1) is 9.68. The van der Waals surface area contributed by atoms with Crippen LogP contribution in [0.2, 0.25) is 0 Å². The highest BCUT2D eigenvalue weighted by molar-refractivity contribution is 5.77. The second-order valence-corrected chi connectivity index (χ2v) is 6.48. The summed E-state index contributed by atoms with van der Waals surface area (Å²) in [7, 11) is 0. The molecule has 0 aliphatic heterocycles. The Balaban J connectivity index is 2.40. The first-order valence-corrected chi connectivity index (χ1v) is 7.38. The molecule has 1 amide bonds. The third-order valence-corrected chi connectivity index (χ3v) is 3.08. The molecule has 1 rings (SSSR count). The molecule has 1 aromatic rings.